The van der Waals surface area contributed by atoms with Gasteiger partial charge in [-0.3, -0.25) is 4.79 Å². The molecule has 0 aromatic heterocycles. The van der Waals surface area contributed by atoms with E-state index in [2.05, 4.69) is 0 Å². The lowest BCUT2D eigenvalue weighted by Gasteiger charge is -2.33. The van der Waals surface area contributed by atoms with Crippen molar-refractivity contribution in [2.75, 3.05) is 31.9 Å². The third-order valence-corrected chi connectivity index (χ3v) is 6.66. The zero-order chi connectivity index (χ0) is 18.9. The molecule has 3 rings (SSSR count). The lowest BCUT2D eigenvalue weighted by atomic mass is 10.0. The number of amides is 1. The van der Waals surface area contributed by atoms with Gasteiger partial charge >= 0.3 is 0 Å². The Morgan fingerprint density at radius 2 is 1.62 bits per heavy atom. The monoisotopic (exact) mass is 373 g/mol. The van der Waals surface area contributed by atoms with Gasteiger partial charge in [0.2, 0.25) is 15.9 Å². The minimum Gasteiger partial charge on any atom is -0.399 e. The van der Waals surface area contributed by atoms with Gasteiger partial charge in [0.15, 0.2) is 0 Å². The van der Waals surface area contributed by atoms with Crippen LogP contribution in [0.25, 0.3) is 11.1 Å². The van der Waals surface area contributed by atoms with Crippen molar-refractivity contribution in [3.05, 3.63) is 48.0 Å². The first kappa shape index (κ1) is 18.4. The average Bonchev–Trinajstić information content (AvgIpc) is 2.64. The van der Waals surface area contributed by atoms with Crippen LogP contribution in [0.4, 0.5) is 5.69 Å². The van der Waals surface area contributed by atoms with Gasteiger partial charge in [-0.2, -0.15) is 4.31 Å². The fourth-order valence-electron chi connectivity index (χ4n) is 3.15. The molecule has 1 saturated heterocycles. The number of carbonyl (C=O) groups is 1. The first-order chi connectivity index (χ1) is 12.3. The molecule has 0 atom stereocenters. The lowest BCUT2D eigenvalue weighted by molar-refractivity contribution is -0.129. The van der Waals surface area contributed by atoms with Gasteiger partial charge in [-0.05, 0) is 47.9 Å². The maximum Gasteiger partial charge on any atom is 0.243 e. The molecule has 2 aromatic carbocycles. The molecule has 0 aliphatic carbocycles. The molecule has 0 radical (unpaired) electrons. The second-order valence-electron chi connectivity index (χ2n) is 6.51. The van der Waals surface area contributed by atoms with E-state index in [0.29, 0.717) is 31.9 Å². The number of hydrogen-bond donors (Lipinski definition) is 1. The summed E-state index contributed by atoms with van der Waals surface area (Å²) in [5, 5.41) is 0. The van der Waals surface area contributed by atoms with Gasteiger partial charge in [-0.25, -0.2) is 8.42 Å². The first-order valence-corrected chi connectivity index (χ1v) is 9.95. The number of hydrogen-bond acceptors (Lipinski definition) is 4. The molecule has 26 heavy (non-hydrogen) atoms. The van der Waals surface area contributed by atoms with Crippen molar-refractivity contribution in [3.63, 3.8) is 0 Å². The Labute approximate surface area is 154 Å². The summed E-state index contributed by atoms with van der Waals surface area (Å²) in [4.78, 5) is 13.3. The van der Waals surface area contributed by atoms with Gasteiger partial charge < -0.3 is 10.6 Å². The van der Waals surface area contributed by atoms with Gasteiger partial charge in [-0.1, -0.05) is 18.2 Å². The summed E-state index contributed by atoms with van der Waals surface area (Å²) in [6, 6.07) is 12.6. The molecule has 1 amide bonds. The van der Waals surface area contributed by atoms with E-state index in [1.807, 2.05) is 25.1 Å². The van der Waals surface area contributed by atoms with E-state index in [4.69, 9.17) is 5.73 Å². The Hall–Kier alpha value is -2.38. The van der Waals surface area contributed by atoms with Crippen LogP contribution < -0.4 is 5.73 Å². The minimum absolute atomic E-state index is 0.0242. The Bertz CT molecular complexity index is 916. The quantitative estimate of drug-likeness (QED) is 0.835. The van der Waals surface area contributed by atoms with Crippen molar-refractivity contribution in [2.45, 2.75) is 18.7 Å². The molecule has 1 aliphatic heterocycles. The van der Waals surface area contributed by atoms with Crippen LogP contribution in [0.3, 0.4) is 0 Å². The maximum absolute atomic E-state index is 12.8. The van der Waals surface area contributed by atoms with Crippen LogP contribution in [0.15, 0.2) is 47.4 Å². The average molecular weight is 373 g/mol. The largest absolute Gasteiger partial charge is 0.399 e. The van der Waals surface area contributed by atoms with Crippen molar-refractivity contribution < 1.29 is 13.2 Å². The van der Waals surface area contributed by atoms with E-state index in [1.165, 1.54) is 11.2 Å². The zero-order valence-corrected chi connectivity index (χ0v) is 15.8. The number of nitrogens with two attached hydrogens (primary N) is 1. The molecule has 6 nitrogen and oxygen atoms in total. The fraction of sp³-hybridized carbons (Fsp3) is 0.316. The molecule has 138 valence electrons. The molecule has 2 N–H and O–H groups in total. The molecule has 1 heterocycles. The van der Waals surface area contributed by atoms with Crippen LogP contribution in [-0.2, 0) is 14.8 Å². The van der Waals surface area contributed by atoms with Crippen molar-refractivity contribution in [3.8, 4) is 11.1 Å². The van der Waals surface area contributed by atoms with Crippen LogP contribution in [-0.4, -0.2) is 49.7 Å². The van der Waals surface area contributed by atoms with Crippen molar-refractivity contribution in [2.24, 2.45) is 0 Å². The highest BCUT2D eigenvalue weighted by Gasteiger charge is 2.29. The maximum atomic E-state index is 12.8. The van der Waals surface area contributed by atoms with Crippen molar-refractivity contribution >= 4 is 21.6 Å². The SMILES string of the molecule is CC(=O)N1CCN(S(=O)(=O)c2ccc(-c3cc(N)ccc3C)cc2)CC1. The highest BCUT2D eigenvalue weighted by atomic mass is 32.2. The van der Waals surface area contributed by atoms with Crippen LogP contribution in [0.1, 0.15) is 12.5 Å². The topological polar surface area (TPSA) is 83.7 Å². The number of piperazine rings is 1. The van der Waals surface area contributed by atoms with Gasteiger partial charge in [0.05, 0.1) is 4.90 Å². The first-order valence-electron chi connectivity index (χ1n) is 8.51. The van der Waals surface area contributed by atoms with E-state index >= 15 is 0 Å². The molecule has 0 saturated carbocycles. The number of benzene rings is 2. The summed E-state index contributed by atoms with van der Waals surface area (Å²) in [6.45, 7) is 4.98. The van der Waals surface area contributed by atoms with Crippen LogP contribution in [0.5, 0.6) is 0 Å². The highest BCUT2D eigenvalue weighted by molar-refractivity contribution is 7.89. The summed E-state index contributed by atoms with van der Waals surface area (Å²) in [6.07, 6.45) is 0. The minimum atomic E-state index is -3.56. The number of carbonyl (C=O) groups excluding carboxylic acids is 1. The standard InChI is InChI=1S/C19H23N3O3S/c1-14-3-6-17(20)13-19(14)16-4-7-18(8-5-16)26(24,25)22-11-9-21(10-12-22)15(2)23/h3-8,13H,9-12,20H2,1-2H3. The Kier molecular flexibility index (Phi) is 5.02. The molecule has 0 spiro atoms. The number of nitrogen functional groups attached to an aromatic ring is 1. The van der Waals surface area contributed by atoms with Gasteiger partial charge in [0, 0.05) is 38.8 Å². The van der Waals surface area contributed by atoms with Gasteiger partial charge in [0.25, 0.3) is 0 Å². The summed E-state index contributed by atoms with van der Waals surface area (Å²) in [7, 11) is -3.56. The number of aryl methyl sites for hydroxylation is 1. The predicted molar refractivity (Wildman–Crippen MR) is 102 cm³/mol. The number of anilines is 1. The lowest BCUT2D eigenvalue weighted by Crippen LogP contribution is -2.49. The van der Waals surface area contributed by atoms with E-state index in [0.717, 1.165) is 16.7 Å². The molecular formula is C19H23N3O3S. The third-order valence-electron chi connectivity index (χ3n) is 4.75. The van der Waals surface area contributed by atoms with Crippen LogP contribution >= 0.6 is 0 Å². The number of rotatable bonds is 3. The third kappa shape index (κ3) is 3.59. The number of sulfonamides is 1. The van der Waals surface area contributed by atoms with Crippen LogP contribution in [0.2, 0.25) is 0 Å². The summed E-state index contributed by atoms with van der Waals surface area (Å²) >= 11 is 0. The molecule has 1 aliphatic rings. The van der Waals surface area contributed by atoms with E-state index in [-0.39, 0.29) is 10.8 Å². The zero-order valence-electron chi connectivity index (χ0n) is 15.0. The van der Waals surface area contributed by atoms with Crippen LogP contribution in [0, 0.1) is 6.92 Å². The molecular weight excluding hydrogens is 350 g/mol. The number of nitrogens with zero attached hydrogens (tertiary/aromatic N) is 2. The summed E-state index contributed by atoms with van der Waals surface area (Å²) in [5.41, 5.74) is 9.53. The summed E-state index contributed by atoms with van der Waals surface area (Å²) < 4.78 is 27.1. The Balaban J connectivity index is 1.82. The van der Waals surface area contributed by atoms with E-state index in [9.17, 15) is 13.2 Å². The predicted octanol–water partition coefficient (Wildman–Crippen LogP) is 2.10. The fourth-order valence-corrected chi connectivity index (χ4v) is 4.57. The second-order valence-corrected chi connectivity index (χ2v) is 8.45. The molecule has 0 unspecified atom stereocenters. The molecule has 2 aromatic rings. The van der Waals surface area contributed by atoms with Crippen molar-refractivity contribution in [1.82, 2.24) is 9.21 Å². The van der Waals surface area contributed by atoms with E-state index in [1.54, 1.807) is 29.2 Å². The molecule has 0 bridgehead atoms. The normalized spacial score (nSPS) is 15.8. The smallest absolute Gasteiger partial charge is 0.243 e. The highest BCUT2D eigenvalue weighted by Crippen LogP contribution is 2.27. The molecule has 1 fully saturated rings. The second kappa shape index (κ2) is 7.09. The Morgan fingerprint density at radius 1 is 1.00 bits per heavy atom. The van der Waals surface area contributed by atoms with Gasteiger partial charge in [-0.15, -0.1) is 0 Å². The molecule has 7 heteroatoms. The van der Waals surface area contributed by atoms with Crippen molar-refractivity contribution in [1.29, 1.82) is 0 Å². The van der Waals surface area contributed by atoms with Gasteiger partial charge in [0.1, 0.15) is 0 Å². The van der Waals surface area contributed by atoms with E-state index < -0.39 is 10.0 Å². The Morgan fingerprint density at radius 3 is 2.19 bits per heavy atom. The summed E-state index contributed by atoms with van der Waals surface area (Å²) in [5.74, 6) is -0.0242.